The maximum Gasteiger partial charge on any atom is 0.573 e. The molecule has 2 N–H and O–H groups in total. The fraction of sp³-hybridized carbons (Fsp3) is 0.375. The number of amides is 1. The van der Waals surface area contributed by atoms with Gasteiger partial charge in [-0.1, -0.05) is 6.07 Å². The average molecular weight is 391 g/mol. The summed E-state index contributed by atoms with van der Waals surface area (Å²) >= 11 is 0. The molecule has 0 spiro atoms. The number of benzene rings is 1. The third-order valence-electron chi connectivity index (χ3n) is 4.12. The summed E-state index contributed by atoms with van der Waals surface area (Å²) in [5.41, 5.74) is -0.646. The van der Waals surface area contributed by atoms with Gasteiger partial charge in [-0.2, -0.15) is 5.10 Å². The molecule has 6 nitrogen and oxygen atoms in total. The Hall–Kier alpha value is -2.26. The van der Waals surface area contributed by atoms with Gasteiger partial charge in [0.25, 0.3) is 5.91 Å². The van der Waals surface area contributed by atoms with Gasteiger partial charge in [0, 0.05) is 24.1 Å². The molecule has 1 aromatic carbocycles. The minimum absolute atomic E-state index is 0. The largest absolute Gasteiger partial charge is 0.573 e. The van der Waals surface area contributed by atoms with Crippen LogP contribution in [-0.4, -0.2) is 35.1 Å². The zero-order valence-electron chi connectivity index (χ0n) is 13.6. The van der Waals surface area contributed by atoms with Crippen molar-refractivity contribution in [2.24, 2.45) is 0 Å². The predicted molar refractivity (Wildman–Crippen MR) is 91.3 cm³/mol. The maximum atomic E-state index is 12.9. The average Bonchev–Trinajstić information content (AvgIpc) is 3.09. The van der Waals surface area contributed by atoms with Crippen LogP contribution in [0.15, 0.2) is 42.7 Å². The molecule has 0 atom stereocenters. The summed E-state index contributed by atoms with van der Waals surface area (Å²) in [7, 11) is 0. The minimum Gasteiger partial charge on any atom is -0.406 e. The molecule has 1 amide bonds. The van der Waals surface area contributed by atoms with Crippen molar-refractivity contribution in [2.75, 3.05) is 18.4 Å². The van der Waals surface area contributed by atoms with Crippen molar-refractivity contribution in [2.45, 2.75) is 24.7 Å². The van der Waals surface area contributed by atoms with Crippen LogP contribution < -0.4 is 15.4 Å². The van der Waals surface area contributed by atoms with Crippen LogP contribution in [0.1, 0.15) is 12.8 Å². The molecule has 0 aliphatic carbocycles. The van der Waals surface area contributed by atoms with Crippen LogP contribution in [0, 0.1) is 0 Å². The number of anilines is 1. The van der Waals surface area contributed by atoms with Gasteiger partial charge in [-0.3, -0.25) is 9.48 Å². The summed E-state index contributed by atoms with van der Waals surface area (Å²) in [5, 5.41) is 10.1. The van der Waals surface area contributed by atoms with Gasteiger partial charge in [-0.25, -0.2) is 0 Å². The lowest BCUT2D eigenvalue weighted by Crippen LogP contribution is -2.52. The minimum atomic E-state index is -4.78. The van der Waals surface area contributed by atoms with E-state index in [-0.39, 0.29) is 29.8 Å². The number of nitrogens with one attached hydrogen (secondary N) is 2. The Labute approximate surface area is 154 Å². The zero-order valence-corrected chi connectivity index (χ0v) is 14.4. The van der Waals surface area contributed by atoms with Crippen LogP contribution in [0.5, 0.6) is 5.75 Å². The van der Waals surface area contributed by atoms with Gasteiger partial charge in [-0.15, -0.1) is 25.6 Å². The van der Waals surface area contributed by atoms with Gasteiger partial charge in [-0.05, 0) is 44.1 Å². The Morgan fingerprint density at radius 2 is 2.00 bits per heavy atom. The first-order chi connectivity index (χ1) is 11.9. The van der Waals surface area contributed by atoms with Crippen LogP contribution in [0.2, 0.25) is 0 Å². The summed E-state index contributed by atoms with van der Waals surface area (Å²) < 4.78 is 42.5. The Kier molecular flexibility index (Phi) is 6.14. The molecule has 142 valence electrons. The number of alkyl halides is 3. The second-order valence-electron chi connectivity index (χ2n) is 5.76. The van der Waals surface area contributed by atoms with E-state index in [1.807, 2.05) is 0 Å². The topological polar surface area (TPSA) is 68.2 Å². The Morgan fingerprint density at radius 3 is 2.62 bits per heavy atom. The highest BCUT2D eigenvalue weighted by Gasteiger charge is 2.42. The fourth-order valence-electron chi connectivity index (χ4n) is 2.94. The van der Waals surface area contributed by atoms with Crippen molar-refractivity contribution in [3.63, 3.8) is 0 Å². The maximum absolute atomic E-state index is 12.9. The standard InChI is InChI=1S/C16H17F3N4O2.ClH/c17-16(18,19)25-13-4-1-3-12(11-13)22-14(24)15(5-8-20-9-6-15)23-10-2-7-21-23;/h1-4,7,10-11,20H,5-6,8-9H2,(H,22,24);1H. The molecule has 1 aromatic heterocycles. The van der Waals surface area contributed by atoms with Crippen molar-refractivity contribution in [1.82, 2.24) is 15.1 Å². The summed E-state index contributed by atoms with van der Waals surface area (Å²) in [6, 6.07) is 6.95. The molecule has 2 heterocycles. The Balaban J connectivity index is 0.00000243. The third-order valence-corrected chi connectivity index (χ3v) is 4.12. The molecule has 0 bridgehead atoms. The molecule has 10 heteroatoms. The Bertz CT molecular complexity index is 731. The summed E-state index contributed by atoms with van der Waals surface area (Å²) in [4.78, 5) is 12.9. The van der Waals surface area contributed by atoms with Crippen molar-refractivity contribution in [3.05, 3.63) is 42.7 Å². The molecule has 1 fully saturated rings. The van der Waals surface area contributed by atoms with Crippen molar-refractivity contribution >= 4 is 24.0 Å². The monoisotopic (exact) mass is 390 g/mol. The predicted octanol–water partition coefficient (Wildman–Crippen LogP) is 2.92. The number of carbonyl (C=O) groups excluding carboxylic acids is 1. The molecular formula is C16H18ClF3N4O2. The van der Waals surface area contributed by atoms with Gasteiger partial charge in [0.05, 0.1) is 0 Å². The van der Waals surface area contributed by atoms with E-state index >= 15 is 0 Å². The highest BCUT2D eigenvalue weighted by molar-refractivity contribution is 5.96. The number of hydrogen-bond donors (Lipinski definition) is 2. The zero-order chi connectivity index (χ0) is 17.9. The first-order valence-electron chi connectivity index (χ1n) is 7.77. The number of hydrogen-bond acceptors (Lipinski definition) is 4. The number of aromatic nitrogens is 2. The molecule has 0 saturated carbocycles. The molecule has 3 rings (SSSR count). The van der Waals surface area contributed by atoms with Crippen molar-refractivity contribution < 1.29 is 22.7 Å². The highest BCUT2D eigenvalue weighted by atomic mass is 35.5. The third kappa shape index (κ3) is 4.47. The highest BCUT2D eigenvalue weighted by Crippen LogP contribution is 2.30. The van der Waals surface area contributed by atoms with Crippen LogP contribution >= 0.6 is 12.4 Å². The quantitative estimate of drug-likeness (QED) is 0.842. The molecule has 1 aliphatic heterocycles. The Morgan fingerprint density at radius 1 is 1.27 bits per heavy atom. The molecule has 1 aliphatic rings. The van der Waals surface area contributed by atoms with E-state index < -0.39 is 11.9 Å². The van der Waals surface area contributed by atoms with Gasteiger partial charge in [0.15, 0.2) is 0 Å². The lowest BCUT2D eigenvalue weighted by Gasteiger charge is -2.36. The van der Waals surface area contributed by atoms with Crippen LogP contribution in [-0.2, 0) is 10.3 Å². The summed E-state index contributed by atoms with van der Waals surface area (Å²) in [6.45, 7) is 1.29. The van der Waals surface area contributed by atoms with Gasteiger partial charge in [0.2, 0.25) is 0 Å². The smallest absolute Gasteiger partial charge is 0.406 e. The summed E-state index contributed by atoms with van der Waals surface area (Å²) in [6.07, 6.45) is -0.421. The van der Waals surface area contributed by atoms with E-state index in [9.17, 15) is 18.0 Å². The van der Waals surface area contributed by atoms with Crippen LogP contribution in [0.3, 0.4) is 0 Å². The molecule has 0 unspecified atom stereocenters. The van der Waals surface area contributed by atoms with Gasteiger partial charge in [0.1, 0.15) is 11.3 Å². The van der Waals surface area contributed by atoms with Gasteiger partial charge < -0.3 is 15.4 Å². The second-order valence-corrected chi connectivity index (χ2v) is 5.76. The number of rotatable bonds is 4. The number of nitrogens with zero attached hydrogens (tertiary/aromatic N) is 2. The van der Waals surface area contributed by atoms with E-state index in [1.165, 1.54) is 18.2 Å². The van der Waals surface area contributed by atoms with E-state index in [2.05, 4.69) is 20.5 Å². The fourth-order valence-corrected chi connectivity index (χ4v) is 2.94. The number of halogens is 4. The van der Waals surface area contributed by atoms with E-state index in [4.69, 9.17) is 0 Å². The van der Waals surface area contributed by atoms with Crippen molar-refractivity contribution in [3.8, 4) is 5.75 Å². The number of piperidine rings is 1. The van der Waals surface area contributed by atoms with Crippen LogP contribution in [0.4, 0.5) is 18.9 Å². The SMILES string of the molecule is Cl.O=C(Nc1cccc(OC(F)(F)F)c1)C1(n2cccn2)CCNCC1. The van der Waals surface area contributed by atoms with E-state index in [0.717, 1.165) is 6.07 Å². The van der Waals surface area contributed by atoms with E-state index in [1.54, 1.807) is 23.1 Å². The van der Waals surface area contributed by atoms with E-state index in [0.29, 0.717) is 25.9 Å². The first kappa shape index (κ1) is 20.1. The van der Waals surface area contributed by atoms with Crippen molar-refractivity contribution in [1.29, 1.82) is 0 Å². The molecule has 26 heavy (non-hydrogen) atoms. The molecule has 1 saturated heterocycles. The molecule has 2 aromatic rings. The normalized spacial score (nSPS) is 16.4. The number of carbonyl (C=O) groups is 1. The molecular weight excluding hydrogens is 373 g/mol. The number of ether oxygens (including phenoxy) is 1. The summed E-state index contributed by atoms with van der Waals surface area (Å²) in [5.74, 6) is -0.703. The first-order valence-corrected chi connectivity index (χ1v) is 7.77. The lowest BCUT2D eigenvalue weighted by atomic mass is 9.87. The van der Waals surface area contributed by atoms with Crippen LogP contribution in [0.25, 0.3) is 0 Å². The second kappa shape index (κ2) is 7.96. The lowest BCUT2D eigenvalue weighted by molar-refractivity contribution is -0.274. The molecule has 0 radical (unpaired) electrons. The van der Waals surface area contributed by atoms with Gasteiger partial charge >= 0.3 is 6.36 Å².